The Labute approximate surface area is 97.8 Å². The van der Waals surface area contributed by atoms with Crippen LogP contribution in [-0.4, -0.2) is 12.1 Å². The number of nitrogens with two attached hydrogens (primary N) is 1. The molecule has 0 heterocycles. The fraction of sp³-hybridized carbons (Fsp3) is 0.571. The van der Waals surface area contributed by atoms with E-state index in [0.29, 0.717) is 18.1 Å². The van der Waals surface area contributed by atoms with Gasteiger partial charge >= 0.3 is 0 Å². The zero-order valence-corrected chi connectivity index (χ0v) is 10.1. The van der Waals surface area contributed by atoms with Gasteiger partial charge in [0.2, 0.25) is 0 Å². The van der Waals surface area contributed by atoms with Gasteiger partial charge in [0.15, 0.2) is 0 Å². The van der Waals surface area contributed by atoms with Crippen molar-refractivity contribution in [3.8, 4) is 5.75 Å². The Morgan fingerprint density at radius 3 is 2.69 bits per heavy atom. The molecule has 1 aromatic rings. The molecule has 1 unspecified atom stereocenters. The summed E-state index contributed by atoms with van der Waals surface area (Å²) in [5, 5.41) is 0. The Kier molecular flexibility index (Phi) is 3.49. The van der Waals surface area contributed by atoms with Crippen LogP contribution in [-0.2, 0) is 0 Å². The van der Waals surface area contributed by atoms with Crippen molar-refractivity contribution in [2.75, 3.05) is 0 Å². The summed E-state index contributed by atoms with van der Waals surface area (Å²) in [6.07, 6.45) is 3.47. The molecule has 2 rings (SSSR count). The van der Waals surface area contributed by atoms with Crippen LogP contribution < -0.4 is 10.5 Å². The Hall–Kier alpha value is -1.02. The minimum atomic E-state index is 0.334. The van der Waals surface area contributed by atoms with Crippen molar-refractivity contribution in [2.24, 2.45) is 5.73 Å². The van der Waals surface area contributed by atoms with E-state index in [9.17, 15) is 0 Å². The maximum atomic E-state index is 5.99. The molecule has 1 atom stereocenters. The second-order valence-electron chi connectivity index (χ2n) is 4.82. The molecule has 0 amide bonds. The minimum absolute atomic E-state index is 0.334. The van der Waals surface area contributed by atoms with Crippen LogP contribution in [0.25, 0.3) is 0 Å². The van der Waals surface area contributed by atoms with Gasteiger partial charge in [0, 0.05) is 6.04 Å². The number of benzene rings is 1. The second-order valence-corrected chi connectivity index (χ2v) is 4.82. The van der Waals surface area contributed by atoms with Crippen LogP contribution in [0.1, 0.15) is 44.6 Å². The minimum Gasteiger partial charge on any atom is -0.490 e. The summed E-state index contributed by atoms with van der Waals surface area (Å²) < 4.78 is 5.99. The van der Waals surface area contributed by atoms with E-state index in [0.717, 1.165) is 25.0 Å². The van der Waals surface area contributed by atoms with E-state index in [-0.39, 0.29) is 0 Å². The van der Waals surface area contributed by atoms with Crippen LogP contribution >= 0.6 is 0 Å². The van der Waals surface area contributed by atoms with Crippen LogP contribution in [0.4, 0.5) is 0 Å². The fourth-order valence-corrected chi connectivity index (χ4v) is 2.10. The summed E-state index contributed by atoms with van der Waals surface area (Å²) in [5.41, 5.74) is 7.09. The molecule has 0 aromatic heterocycles. The monoisotopic (exact) mass is 219 g/mol. The van der Waals surface area contributed by atoms with Crippen LogP contribution in [0.15, 0.2) is 24.3 Å². The van der Waals surface area contributed by atoms with E-state index in [2.05, 4.69) is 32.0 Å². The molecule has 1 aromatic carbocycles. The van der Waals surface area contributed by atoms with Crippen molar-refractivity contribution < 1.29 is 4.74 Å². The highest BCUT2D eigenvalue weighted by molar-refractivity contribution is 5.36. The van der Waals surface area contributed by atoms with Crippen molar-refractivity contribution in [1.82, 2.24) is 0 Å². The molecule has 1 saturated carbocycles. The molecule has 1 aliphatic carbocycles. The number of ether oxygens (including phenoxy) is 1. The highest BCUT2D eigenvalue weighted by atomic mass is 16.5. The van der Waals surface area contributed by atoms with Gasteiger partial charge in [0.25, 0.3) is 0 Å². The van der Waals surface area contributed by atoms with Gasteiger partial charge in [-0.05, 0) is 36.8 Å². The van der Waals surface area contributed by atoms with Gasteiger partial charge in [0.1, 0.15) is 11.9 Å². The average molecular weight is 219 g/mol. The van der Waals surface area contributed by atoms with Crippen molar-refractivity contribution in [3.63, 3.8) is 0 Å². The summed E-state index contributed by atoms with van der Waals surface area (Å²) in [6, 6.07) is 8.72. The van der Waals surface area contributed by atoms with E-state index >= 15 is 0 Å². The lowest BCUT2D eigenvalue weighted by atomic mass is 9.90. The highest BCUT2D eigenvalue weighted by Gasteiger charge is 2.28. The quantitative estimate of drug-likeness (QED) is 0.844. The fourth-order valence-electron chi connectivity index (χ4n) is 2.10. The van der Waals surface area contributed by atoms with Gasteiger partial charge in [-0.1, -0.05) is 32.0 Å². The third-order valence-electron chi connectivity index (χ3n) is 3.49. The molecule has 2 N–H and O–H groups in total. The van der Waals surface area contributed by atoms with Gasteiger partial charge in [-0.25, -0.2) is 0 Å². The zero-order chi connectivity index (χ0) is 11.5. The molecule has 0 saturated heterocycles. The maximum absolute atomic E-state index is 5.99. The van der Waals surface area contributed by atoms with Gasteiger partial charge in [0.05, 0.1) is 0 Å². The predicted octanol–water partition coefficient (Wildman–Crippen LogP) is 3.07. The number of hydrogen-bond acceptors (Lipinski definition) is 2. The van der Waals surface area contributed by atoms with E-state index < -0.39 is 0 Å². The number of hydrogen-bond donors (Lipinski definition) is 1. The summed E-state index contributed by atoms with van der Waals surface area (Å²) in [6.45, 7) is 4.45. The van der Waals surface area contributed by atoms with Crippen molar-refractivity contribution >= 4 is 0 Å². The van der Waals surface area contributed by atoms with Crippen LogP contribution in [0.5, 0.6) is 5.75 Å². The SMILES string of the molecule is CCC(C)c1ccccc1OC1CC(N)C1. The molecule has 2 nitrogen and oxygen atoms in total. The van der Waals surface area contributed by atoms with Crippen molar-refractivity contribution in [2.45, 2.75) is 51.2 Å². The Morgan fingerprint density at radius 2 is 2.06 bits per heavy atom. The molecular weight excluding hydrogens is 198 g/mol. The molecular formula is C14H21NO. The first-order chi connectivity index (χ1) is 7.70. The second kappa shape index (κ2) is 4.88. The molecule has 16 heavy (non-hydrogen) atoms. The molecule has 2 heteroatoms. The lowest BCUT2D eigenvalue weighted by molar-refractivity contribution is 0.0993. The van der Waals surface area contributed by atoms with Crippen molar-refractivity contribution in [1.29, 1.82) is 0 Å². The van der Waals surface area contributed by atoms with Gasteiger partial charge in [-0.15, -0.1) is 0 Å². The molecule has 0 spiro atoms. The lowest BCUT2D eigenvalue weighted by Gasteiger charge is -2.33. The summed E-state index contributed by atoms with van der Waals surface area (Å²) in [7, 11) is 0. The molecule has 1 fully saturated rings. The average Bonchev–Trinajstić information content (AvgIpc) is 2.27. The lowest BCUT2D eigenvalue weighted by Crippen LogP contribution is -2.43. The van der Waals surface area contributed by atoms with Crippen LogP contribution in [0.2, 0.25) is 0 Å². The normalized spacial score (nSPS) is 25.9. The maximum Gasteiger partial charge on any atom is 0.123 e. The van der Waals surface area contributed by atoms with E-state index in [1.165, 1.54) is 5.56 Å². The first-order valence-corrected chi connectivity index (χ1v) is 6.21. The Bertz CT molecular complexity index is 344. The molecule has 88 valence electrons. The van der Waals surface area contributed by atoms with Gasteiger partial charge < -0.3 is 10.5 Å². The predicted molar refractivity (Wildman–Crippen MR) is 66.8 cm³/mol. The third-order valence-corrected chi connectivity index (χ3v) is 3.49. The molecule has 1 aliphatic rings. The van der Waals surface area contributed by atoms with Crippen LogP contribution in [0.3, 0.4) is 0 Å². The number of rotatable bonds is 4. The topological polar surface area (TPSA) is 35.2 Å². The van der Waals surface area contributed by atoms with Crippen LogP contribution in [0, 0.1) is 0 Å². The van der Waals surface area contributed by atoms with E-state index in [1.54, 1.807) is 0 Å². The van der Waals surface area contributed by atoms with E-state index in [1.807, 2.05) is 6.07 Å². The van der Waals surface area contributed by atoms with Crippen molar-refractivity contribution in [3.05, 3.63) is 29.8 Å². The number of para-hydroxylation sites is 1. The first kappa shape index (κ1) is 11.5. The zero-order valence-electron chi connectivity index (χ0n) is 10.1. The third kappa shape index (κ3) is 2.38. The summed E-state index contributed by atoms with van der Waals surface area (Å²) in [5.74, 6) is 1.61. The molecule has 0 radical (unpaired) electrons. The Morgan fingerprint density at radius 1 is 1.38 bits per heavy atom. The smallest absolute Gasteiger partial charge is 0.123 e. The van der Waals surface area contributed by atoms with E-state index in [4.69, 9.17) is 10.5 Å². The molecule has 0 bridgehead atoms. The first-order valence-electron chi connectivity index (χ1n) is 6.21. The standard InChI is InChI=1S/C14H21NO/c1-3-10(2)13-6-4-5-7-14(13)16-12-8-11(15)9-12/h4-7,10-12H,3,8-9,15H2,1-2H3. The van der Waals surface area contributed by atoms with Gasteiger partial charge in [-0.3, -0.25) is 0 Å². The summed E-state index contributed by atoms with van der Waals surface area (Å²) in [4.78, 5) is 0. The largest absolute Gasteiger partial charge is 0.490 e. The Balaban J connectivity index is 2.07. The summed E-state index contributed by atoms with van der Waals surface area (Å²) >= 11 is 0. The highest BCUT2D eigenvalue weighted by Crippen LogP contribution is 2.32. The van der Waals surface area contributed by atoms with Gasteiger partial charge in [-0.2, -0.15) is 0 Å². The molecule has 0 aliphatic heterocycles.